The summed E-state index contributed by atoms with van der Waals surface area (Å²) in [5.74, 6) is -0.0550. The van der Waals surface area contributed by atoms with Crippen molar-refractivity contribution in [1.82, 2.24) is 20.2 Å². The second kappa shape index (κ2) is 9.46. The summed E-state index contributed by atoms with van der Waals surface area (Å²) >= 11 is 0.981. The van der Waals surface area contributed by atoms with Gasteiger partial charge >= 0.3 is 0 Å². The van der Waals surface area contributed by atoms with Crippen molar-refractivity contribution in [3.8, 4) is 23.2 Å². The first-order valence-corrected chi connectivity index (χ1v) is 15.1. The molecular formula is C31H33F2N7OS. The van der Waals surface area contributed by atoms with Crippen molar-refractivity contribution < 1.29 is 13.5 Å². The molecule has 0 spiro atoms. The summed E-state index contributed by atoms with van der Waals surface area (Å²) in [6.45, 7) is 7.64. The number of pyridine rings is 2. The first-order valence-electron chi connectivity index (χ1n) is 14.3. The van der Waals surface area contributed by atoms with Gasteiger partial charge in [0.25, 0.3) is 0 Å². The molecule has 2 fully saturated rings. The quantitative estimate of drug-likeness (QED) is 0.338. The van der Waals surface area contributed by atoms with E-state index in [1.165, 1.54) is 12.1 Å². The molecule has 2 saturated heterocycles. The van der Waals surface area contributed by atoms with Crippen LogP contribution < -0.4 is 20.7 Å². The van der Waals surface area contributed by atoms with Gasteiger partial charge in [0.1, 0.15) is 34.5 Å². The topological polar surface area (TPSA) is 103 Å². The minimum absolute atomic E-state index is 0.00860. The number of likely N-dealkylation sites (N-methyl/N-ethyl adjacent to an activating group) is 1. The Morgan fingerprint density at radius 3 is 2.79 bits per heavy atom. The molecule has 3 aliphatic heterocycles. The Hall–Kier alpha value is -3.59. The Morgan fingerprint density at radius 2 is 2.05 bits per heavy atom. The number of nitrogens with one attached hydrogen (secondary N) is 1. The van der Waals surface area contributed by atoms with Gasteiger partial charge in [0.15, 0.2) is 5.82 Å². The molecule has 4 aromatic rings. The Bertz CT molecular complexity index is 1830. The average Bonchev–Trinajstić information content (AvgIpc) is 3.41. The van der Waals surface area contributed by atoms with Crippen LogP contribution in [0.25, 0.3) is 32.1 Å². The Balaban J connectivity index is 1.55. The zero-order valence-corrected chi connectivity index (χ0v) is 25.1. The van der Waals surface area contributed by atoms with Crippen molar-refractivity contribution in [2.75, 3.05) is 37.8 Å². The maximum atomic E-state index is 17.1. The normalized spacial score (nSPS) is 24.6. The number of hydrogen-bond donors (Lipinski definition) is 2. The largest absolute Gasteiger partial charge is 0.472 e. The second-order valence-corrected chi connectivity index (χ2v) is 13.5. The molecule has 3 aromatic heterocycles. The summed E-state index contributed by atoms with van der Waals surface area (Å²) in [4.78, 5) is 14.4. The third-order valence-electron chi connectivity index (χ3n) is 9.24. The number of benzene rings is 1. The van der Waals surface area contributed by atoms with Crippen LogP contribution in [-0.2, 0) is 6.42 Å². The van der Waals surface area contributed by atoms with Gasteiger partial charge in [-0.15, -0.1) is 11.3 Å². The van der Waals surface area contributed by atoms with Crippen LogP contribution >= 0.6 is 11.3 Å². The third-order valence-corrected chi connectivity index (χ3v) is 10.3. The minimum atomic E-state index is -0.540. The maximum absolute atomic E-state index is 17.1. The number of fused-ring (bicyclic) bond motifs is 6. The van der Waals surface area contributed by atoms with Crippen LogP contribution in [0.3, 0.4) is 0 Å². The maximum Gasteiger partial charge on any atom is 0.226 e. The van der Waals surface area contributed by atoms with E-state index in [9.17, 15) is 9.65 Å². The van der Waals surface area contributed by atoms with Gasteiger partial charge in [0, 0.05) is 53.1 Å². The lowest BCUT2D eigenvalue weighted by atomic mass is 9.95. The predicted molar refractivity (Wildman–Crippen MR) is 162 cm³/mol. The van der Waals surface area contributed by atoms with E-state index < -0.39 is 11.6 Å². The zero-order chi connectivity index (χ0) is 29.7. The van der Waals surface area contributed by atoms with Crippen LogP contribution in [0.1, 0.15) is 43.5 Å². The highest BCUT2D eigenvalue weighted by Gasteiger charge is 2.51. The number of aryl methyl sites for hydroxylation is 1. The van der Waals surface area contributed by atoms with Gasteiger partial charge in [-0.25, -0.2) is 18.7 Å². The number of piperazine rings is 1. The van der Waals surface area contributed by atoms with Crippen LogP contribution in [0.15, 0.2) is 12.1 Å². The highest BCUT2D eigenvalue weighted by atomic mass is 32.1. The molecule has 0 radical (unpaired) electrons. The lowest BCUT2D eigenvalue weighted by molar-refractivity contribution is 0.145. The van der Waals surface area contributed by atoms with Gasteiger partial charge in [0.05, 0.1) is 21.7 Å². The number of nitrogens with zero attached hydrogens (tertiary/aromatic N) is 5. The number of nitrogens with two attached hydrogens (primary N) is 1. The molecule has 4 atom stereocenters. The van der Waals surface area contributed by atoms with Crippen LogP contribution in [0.4, 0.5) is 19.6 Å². The Labute approximate surface area is 247 Å². The standard InChI is InChI=1S/C31H33F2N7OS/c1-14-19(9-11-39(4)5)36-29-23-21(14)24(33)25(16-6-7-18(32)27-22(16)17(12-34)28(35)42-27)37-30(23)41-15(2)26-20-8-10-31(3,38-20)13-40(26)29/h6-7,15,20,26,38H,8-11,13,35H2,1-5H3. The van der Waals surface area contributed by atoms with E-state index in [1.807, 2.05) is 27.9 Å². The van der Waals surface area contributed by atoms with E-state index in [0.717, 1.165) is 48.5 Å². The fraction of sp³-hybridized carbons (Fsp3) is 0.452. The molecule has 42 heavy (non-hydrogen) atoms. The highest BCUT2D eigenvalue weighted by Crippen LogP contribution is 2.48. The van der Waals surface area contributed by atoms with Crippen molar-refractivity contribution in [3.05, 3.63) is 40.6 Å². The molecule has 218 valence electrons. The molecule has 3 aliphatic rings. The Morgan fingerprint density at radius 1 is 1.26 bits per heavy atom. The summed E-state index contributed by atoms with van der Waals surface area (Å²) in [7, 11) is 4.01. The molecule has 4 unspecified atom stereocenters. The number of ether oxygens (including phenoxy) is 1. The molecule has 0 saturated carbocycles. The molecule has 6 heterocycles. The highest BCUT2D eigenvalue weighted by molar-refractivity contribution is 7.23. The zero-order valence-electron chi connectivity index (χ0n) is 24.3. The molecule has 0 aliphatic carbocycles. The molecule has 2 bridgehead atoms. The van der Waals surface area contributed by atoms with E-state index in [4.69, 9.17) is 20.4 Å². The van der Waals surface area contributed by atoms with E-state index in [-0.39, 0.29) is 50.1 Å². The van der Waals surface area contributed by atoms with Crippen LogP contribution in [0, 0.1) is 29.9 Å². The number of nitrogen functional groups attached to an aromatic ring is 1. The summed E-state index contributed by atoms with van der Waals surface area (Å²) in [5.41, 5.74) is 8.01. The van der Waals surface area contributed by atoms with Gasteiger partial charge in [0.2, 0.25) is 5.88 Å². The van der Waals surface area contributed by atoms with Gasteiger partial charge < -0.3 is 25.6 Å². The molecule has 0 amide bonds. The van der Waals surface area contributed by atoms with Crippen molar-refractivity contribution in [2.24, 2.45) is 0 Å². The van der Waals surface area contributed by atoms with Gasteiger partial charge in [-0.3, -0.25) is 0 Å². The molecule has 8 nitrogen and oxygen atoms in total. The number of thiophene rings is 1. The fourth-order valence-corrected chi connectivity index (χ4v) is 8.19. The minimum Gasteiger partial charge on any atom is -0.472 e. The number of halogens is 2. The third kappa shape index (κ3) is 3.88. The van der Waals surface area contributed by atoms with Crippen LogP contribution in [0.5, 0.6) is 5.88 Å². The number of aromatic nitrogens is 2. The average molecular weight is 590 g/mol. The summed E-state index contributed by atoms with van der Waals surface area (Å²) in [6, 6.07) is 5.03. The molecular weight excluding hydrogens is 556 g/mol. The smallest absolute Gasteiger partial charge is 0.226 e. The van der Waals surface area contributed by atoms with Crippen molar-refractivity contribution >= 4 is 43.0 Å². The lowest BCUT2D eigenvalue weighted by Gasteiger charge is -2.46. The van der Waals surface area contributed by atoms with Gasteiger partial charge in [-0.05, 0) is 65.4 Å². The fourth-order valence-electron chi connectivity index (χ4n) is 7.24. The van der Waals surface area contributed by atoms with Gasteiger partial charge in [-0.1, -0.05) is 0 Å². The van der Waals surface area contributed by atoms with Crippen LogP contribution in [0.2, 0.25) is 0 Å². The molecule has 7 rings (SSSR count). The number of nitriles is 1. The molecule has 11 heteroatoms. The predicted octanol–water partition coefficient (Wildman–Crippen LogP) is 5.14. The molecule has 3 N–H and O–H groups in total. The second-order valence-electron chi connectivity index (χ2n) is 12.4. The van der Waals surface area contributed by atoms with E-state index in [0.29, 0.717) is 34.5 Å². The summed E-state index contributed by atoms with van der Waals surface area (Å²) < 4.78 is 38.8. The number of rotatable bonds is 4. The number of hydrogen-bond acceptors (Lipinski definition) is 9. The van der Waals surface area contributed by atoms with Crippen molar-refractivity contribution in [1.29, 1.82) is 5.26 Å². The summed E-state index contributed by atoms with van der Waals surface area (Å²) in [5, 5.41) is 15.1. The number of anilines is 2. The van der Waals surface area contributed by atoms with Crippen LogP contribution in [-0.4, -0.2) is 65.8 Å². The molecule has 1 aromatic carbocycles. The van der Waals surface area contributed by atoms with Gasteiger partial charge in [-0.2, -0.15) is 5.26 Å². The first-order chi connectivity index (χ1) is 20.0. The summed E-state index contributed by atoms with van der Waals surface area (Å²) in [6.07, 6.45) is 2.44. The van der Waals surface area contributed by atoms with Crippen molar-refractivity contribution in [3.63, 3.8) is 0 Å². The monoisotopic (exact) mass is 589 g/mol. The first kappa shape index (κ1) is 27.3. The van der Waals surface area contributed by atoms with E-state index in [1.54, 1.807) is 0 Å². The lowest BCUT2D eigenvalue weighted by Crippen LogP contribution is -2.66. The van der Waals surface area contributed by atoms with E-state index in [2.05, 4.69) is 28.1 Å². The van der Waals surface area contributed by atoms with E-state index >= 15 is 4.39 Å². The SMILES string of the molecule is Cc1c(CCN(C)C)nc2c3c(nc(-c4ccc(F)c5sc(N)c(C#N)c45)c(F)c13)OC(C)C1C3CCC(C)(CN21)N3. The van der Waals surface area contributed by atoms with Crippen molar-refractivity contribution in [2.45, 2.75) is 63.8 Å². The Kier molecular flexibility index (Phi) is 6.14.